The van der Waals surface area contributed by atoms with Crippen molar-refractivity contribution in [2.45, 2.75) is 39.3 Å². The number of aryl methyl sites for hydroxylation is 1. The van der Waals surface area contributed by atoms with Crippen LogP contribution in [0.25, 0.3) is 0 Å². The number of rotatable bonds is 3. The average Bonchev–Trinajstić information content (AvgIpc) is 2.35. The molecule has 0 spiro atoms. The van der Waals surface area contributed by atoms with Gasteiger partial charge in [0, 0.05) is 24.8 Å². The van der Waals surface area contributed by atoms with Crippen molar-refractivity contribution in [2.75, 3.05) is 13.1 Å². The van der Waals surface area contributed by atoms with Crippen LogP contribution in [0.1, 0.15) is 31.9 Å². The van der Waals surface area contributed by atoms with Crippen molar-refractivity contribution in [3.05, 3.63) is 28.2 Å². The molecule has 0 aliphatic carbocycles. The fourth-order valence-corrected chi connectivity index (χ4v) is 2.38. The molecule has 1 aromatic rings. The zero-order valence-corrected chi connectivity index (χ0v) is 10.4. The van der Waals surface area contributed by atoms with Gasteiger partial charge in [-0.25, -0.2) is 0 Å². The van der Waals surface area contributed by atoms with Gasteiger partial charge in [-0.1, -0.05) is 6.42 Å². The molecule has 1 fully saturated rings. The predicted octanol–water partition coefficient (Wildman–Crippen LogP) is 1.56. The van der Waals surface area contributed by atoms with Crippen LogP contribution in [-0.4, -0.2) is 27.7 Å². The molecule has 2 heterocycles. The van der Waals surface area contributed by atoms with E-state index in [1.54, 1.807) is 12.3 Å². The van der Waals surface area contributed by atoms with E-state index < -0.39 is 0 Å². The molecule has 1 aromatic heterocycles. The first-order valence-corrected chi connectivity index (χ1v) is 6.35. The van der Waals surface area contributed by atoms with Crippen LogP contribution >= 0.6 is 0 Å². The van der Waals surface area contributed by atoms with Crippen LogP contribution in [0.5, 0.6) is 5.75 Å². The number of hydrogen-bond donors (Lipinski definition) is 1. The van der Waals surface area contributed by atoms with Crippen LogP contribution in [0.4, 0.5) is 0 Å². The van der Waals surface area contributed by atoms with Gasteiger partial charge in [-0.15, -0.1) is 0 Å². The maximum absolute atomic E-state index is 11.5. The highest BCUT2D eigenvalue weighted by Crippen LogP contribution is 2.13. The number of likely N-dealkylation sites (tertiary alicyclic amines) is 1. The van der Waals surface area contributed by atoms with Crippen molar-refractivity contribution in [3.8, 4) is 5.75 Å². The molecule has 94 valence electrons. The fourth-order valence-electron chi connectivity index (χ4n) is 2.38. The third-order valence-corrected chi connectivity index (χ3v) is 3.37. The van der Waals surface area contributed by atoms with Gasteiger partial charge in [-0.2, -0.15) is 0 Å². The molecule has 17 heavy (non-hydrogen) atoms. The minimum Gasteiger partial charge on any atom is -0.503 e. The molecule has 0 atom stereocenters. The number of aromatic hydroxyl groups is 1. The smallest absolute Gasteiger partial charge is 0.223 e. The Morgan fingerprint density at radius 3 is 2.65 bits per heavy atom. The Balaban J connectivity index is 2.18. The molecular weight excluding hydrogens is 216 g/mol. The van der Waals surface area contributed by atoms with E-state index in [1.807, 2.05) is 11.5 Å². The summed E-state index contributed by atoms with van der Waals surface area (Å²) in [6, 6.07) is 1.56. The summed E-state index contributed by atoms with van der Waals surface area (Å²) in [4.78, 5) is 13.8. The van der Waals surface area contributed by atoms with E-state index in [0.29, 0.717) is 0 Å². The van der Waals surface area contributed by atoms with Gasteiger partial charge < -0.3 is 9.67 Å². The normalized spacial score (nSPS) is 17.2. The van der Waals surface area contributed by atoms with E-state index in [2.05, 4.69) is 4.90 Å². The Morgan fingerprint density at radius 2 is 2.00 bits per heavy atom. The van der Waals surface area contributed by atoms with Crippen molar-refractivity contribution in [1.29, 1.82) is 0 Å². The monoisotopic (exact) mass is 236 g/mol. The summed E-state index contributed by atoms with van der Waals surface area (Å²) in [6.07, 6.45) is 5.34. The van der Waals surface area contributed by atoms with Crippen molar-refractivity contribution >= 4 is 0 Å². The lowest BCUT2D eigenvalue weighted by molar-refractivity contribution is 0.215. The van der Waals surface area contributed by atoms with Crippen molar-refractivity contribution in [3.63, 3.8) is 0 Å². The number of nitrogens with zero attached hydrogens (tertiary/aromatic N) is 2. The van der Waals surface area contributed by atoms with Crippen LogP contribution < -0.4 is 5.43 Å². The number of piperidine rings is 1. The molecule has 2 rings (SSSR count). The predicted molar refractivity (Wildman–Crippen MR) is 67.2 cm³/mol. The summed E-state index contributed by atoms with van der Waals surface area (Å²) in [5, 5.41) is 9.41. The van der Waals surface area contributed by atoms with Crippen LogP contribution in [0.15, 0.2) is 17.1 Å². The molecular formula is C13H20N2O2. The zero-order valence-electron chi connectivity index (χ0n) is 10.4. The number of pyridine rings is 1. The third kappa shape index (κ3) is 2.88. The molecule has 1 saturated heterocycles. The second kappa shape index (κ2) is 5.36. The lowest BCUT2D eigenvalue weighted by atomic mass is 10.1. The Bertz CT molecular complexity index is 434. The van der Waals surface area contributed by atoms with Gasteiger partial charge in [0.05, 0.1) is 6.20 Å². The lowest BCUT2D eigenvalue weighted by Gasteiger charge is -2.27. The Kier molecular flexibility index (Phi) is 3.84. The molecule has 1 aliphatic rings. The summed E-state index contributed by atoms with van der Waals surface area (Å²) >= 11 is 0. The first-order valence-electron chi connectivity index (χ1n) is 6.35. The maximum atomic E-state index is 11.5. The molecule has 4 nitrogen and oxygen atoms in total. The summed E-state index contributed by atoms with van der Waals surface area (Å²) in [7, 11) is 0. The van der Waals surface area contributed by atoms with E-state index >= 15 is 0 Å². The van der Waals surface area contributed by atoms with Crippen LogP contribution in [0.2, 0.25) is 0 Å². The Hall–Kier alpha value is -1.29. The van der Waals surface area contributed by atoms with E-state index in [0.717, 1.165) is 31.9 Å². The van der Waals surface area contributed by atoms with E-state index in [4.69, 9.17) is 0 Å². The first kappa shape index (κ1) is 12.2. The molecule has 0 unspecified atom stereocenters. The number of aromatic nitrogens is 1. The second-order valence-electron chi connectivity index (χ2n) is 4.64. The fraction of sp³-hybridized carbons (Fsp3) is 0.615. The highest BCUT2D eigenvalue weighted by atomic mass is 16.3. The third-order valence-electron chi connectivity index (χ3n) is 3.37. The van der Waals surface area contributed by atoms with Crippen LogP contribution in [-0.2, 0) is 13.1 Å². The summed E-state index contributed by atoms with van der Waals surface area (Å²) in [5.41, 5.74) is 0.721. The Morgan fingerprint density at radius 1 is 1.29 bits per heavy atom. The molecule has 0 bridgehead atoms. The van der Waals surface area contributed by atoms with Gasteiger partial charge in [0.2, 0.25) is 5.43 Å². The molecule has 1 aliphatic heterocycles. The second-order valence-corrected chi connectivity index (χ2v) is 4.64. The summed E-state index contributed by atoms with van der Waals surface area (Å²) in [5.74, 6) is -0.158. The molecule has 0 radical (unpaired) electrons. The maximum Gasteiger partial charge on any atom is 0.223 e. The highest BCUT2D eigenvalue weighted by Gasteiger charge is 2.13. The summed E-state index contributed by atoms with van der Waals surface area (Å²) in [6.45, 7) is 5.82. The average molecular weight is 236 g/mol. The van der Waals surface area contributed by atoms with Gasteiger partial charge in [0.25, 0.3) is 0 Å². The first-order chi connectivity index (χ1) is 8.20. The number of hydrogen-bond acceptors (Lipinski definition) is 3. The Labute approximate surface area is 101 Å². The molecule has 0 saturated carbocycles. The van der Waals surface area contributed by atoms with E-state index in [9.17, 15) is 9.90 Å². The highest BCUT2D eigenvalue weighted by molar-refractivity contribution is 5.20. The van der Waals surface area contributed by atoms with Crippen molar-refractivity contribution < 1.29 is 5.11 Å². The van der Waals surface area contributed by atoms with Gasteiger partial charge >= 0.3 is 0 Å². The molecule has 4 heteroatoms. The molecule has 0 amide bonds. The standard InChI is InChI=1S/C13H20N2O2/c1-2-15-10-13(17)12(16)8-11(15)9-14-6-4-3-5-7-14/h8,10,17H,2-7,9H2,1H3. The SMILES string of the molecule is CCn1cc(O)c(=O)cc1CN1CCCCC1. The van der Waals surface area contributed by atoms with E-state index in [-0.39, 0.29) is 11.2 Å². The minimum absolute atomic E-state index is 0.158. The minimum atomic E-state index is -0.276. The van der Waals surface area contributed by atoms with Crippen molar-refractivity contribution in [1.82, 2.24) is 9.47 Å². The van der Waals surface area contributed by atoms with Gasteiger partial charge in [0.1, 0.15) is 0 Å². The van der Waals surface area contributed by atoms with Gasteiger partial charge in [-0.3, -0.25) is 9.69 Å². The molecule has 1 N–H and O–H groups in total. The lowest BCUT2D eigenvalue weighted by Crippen LogP contribution is -2.31. The topological polar surface area (TPSA) is 45.5 Å². The summed E-state index contributed by atoms with van der Waals surface area (Å²) < 4.78 is 1.95. The van der Waals surface area contributed by atoms with Crippen molar-refractivity contribution in [2.24, 2.45) is 0 Å². The quantitative estimate of drug-likeness (QED) is 0.866. The van der Waals surface area contributed by atoms with E-state index in [1.165, 1.54) is 19.3 Å². The largest absolute Gasteiger partial charge is 0.503 e. The van der Waals surface area contributed by atoms with Crippen LogP contribution in [0.3, 0.4) is 0 Å². The molecule has 0 aromatic carbocycles. The van der Waals surface area contributed by atoms with Gasteiger partial charge in [0.15, 0.2) is 5.75 Å². The van der Waals surface area contributed by atoms with Crippen LogP contribution in [0, 0.1) is 0 Å². The van der Waals surface area contributed by atoms with Gasteiger partial charge in [-0.05, 0) is 32.9 Å². The zero-order chi connectivity index (χ0) is 12.3.